The van der Waals surface area contributed by atoms with Crippen molar-refractivity contribution in [3.05, 3.63) is 170 Å². The van der Waals surface area contributed by atoms with Crippen LogP contribution in [0.1, 0.15) is 78.5 Å². The smallest absolute Gasteiger partial charge is 0.0159 e. The molecule has 0 saturated carbocycles. The Morgan fingerprint density at radius 2 is 1.26 bits per heavy atom. The highest BCUT2D eigenvalue weighted by Gasteiger charge is 2.36. The Labute approximate surface area is 276 Å². The second-order valence-corrected chi connectivity index (χ2v) is 14.9. The quantitative estimate of drug-likeness (QED) is 0.195. The predicted molar refractivity (Wildman–Crippen MR) is 196 cm³/mol. The van der Waals surface area contributed by atoms with E-state index >= 15 is 0 Å². The van der Waals surface area contributed by atoms with Gasteiger partial charge in [-0.1, -0.05) is 129 Å². The first-order chi connectivity index (χ1) is 22.5. The van der Waals surface area contributed by atoms with Crippen molar-refractivity contribution in [1.29, 1.82) is 0 Å². The third-order valence-corrected chi connectivity index (χ3v) is 12.0. The van der Waals surface area contributed by atoms with Crippen molar-refractivity contribution in [2.75, 3.05) is 0 Å². The van der Waals surface area contributed by atoms with E-state index in [1.165, 1.54) is 81.5 Å². The molecule has 4 aliphatic rings. The van der Waals surface area contributed by atoms with E-state index in [9.17, 15) is 0 Å². The van der Waals surface area contributed by atoms with Crippen LogP contribution in [0.2, 0.25) is 0 Å². The van der Waals surface area contributed by atoms with Gasteiger partial charge >= 0.3 is 0 Å². The van der Waals surface area contributed by atoms with Crippen LogP contribution in [0, 0.1) is 0 Å². The van der Waals surface area contributed by atoms with Gasteiger partial charge in [0.15, 0.2) is 0 Å². The van der Waals surface area contributed by atoms with Gasteiger partial charge in [0.05, 0.1) is 0 Å². The van der Waals surface area contributed by atoms with Gasteiger partial charge in [0.2, 0.25) is 0 Å². The molecule has 0 fully saturated rings. The van der Waals surface area contributed by atoms with Gasteiger partial charge in [-0.05, 0) is 134 Å². The van der Waals surface area contributed by atoms with Crippen LogP contribution in [-0.4, -0.2) is 0 Å². The molecule has 0 atom stereocenters. The summed E-state index contributed by atoms with van der Waals surface area (Å²) >= 11 is 1.93. The summed E-state index contributed by atoms with van der Waals surface area (Å²) in [5, 5.41) is 2.84. The molecular weight excluding hydrogens is 573 g/mol. The molecule has 5 aromatic rings. The lowest BCUT2D eigenvalue weighted by Gasteiger charge is -2.25. The number of allylic oxidation sites excluding steroid dienone is 2. The minimum absolute atomic E-state index is 0.0531. The molecule has 0 aliphatic heterocycles. The van der Waals surface area contributed by atoms with Crippen molar-refractivity contribution in [2.45, 2.75) is 62.7 Å². The van der Waals surface area contributed by atoms with E-state index in [0.29, 0.717) is 0 Å². The molecule has 0 spiro atoms. The molecule has 0 heterocycles. The lowest BCUT2D eigenvalue weighted by molar-refractivity contribution is 0.658. The van der Waals surface area contributed by atoms with Gasteiger partial charge < -0.3 is 0 Å². The normalized spacial score (nSPS) is 17.3. The van der Waals surface area contributed by atoms with Crippen molar-refractivity contribution < 1.29 is 0 Å². The first kappa shape index (κ1) is 27.9. The van der Waals surface area contributed by atoms with Crippen LogP contribution in [-0.2, 0) is 18.3 Å². The fourth-order valence-electron chi connectivity index (χ4n) is 8.47. The summed E-state index contributed by atoms with van der Waals surface area (Å²) in [7, 11) is 0. The molecule has 0 radical (unpaired) electrons. The maximum atomic E-state index is 2.52. The molecule has 0 bridgehead atoms. The van der Waals surface area contributed by atoms with E-state index in [0.717, 1.165) is 38.5 Å². The maximum absolute atomic E-state index is 2.52. The number of aryl methyl sites for hydroxylation is 2. The molecule has 0 aromatic heterocycles. The lowest BCUT2D eigenvalue weighted by atomic mass is 9.79. The Hall–Kier alpha value is -4.33. The third kappa shape index (κ3) is 4.51. The minimum Gasteiger partial charge on any atom is -0.0898 e. The van der Waals surface area contributed by atoms with Gasteiger partial charge in [-0.2, -0.15) is 0 Å². The second kappa shape index (κ2) is 10.9. The maximum Gasteiger partial charge on any atom is 0.0159 e. The largest absolute Gasteiger partial charge is 0.0898 e. The summed E-state index contributed by atoms with van der Waals surface area (Å²) in [5.41, 5.74) is 17.3. The monoisotopic (exact) mass is 610 g/mol. The lowest BCUT2D eigenvalue weighted by Crippen LogP contribution is -2.33. The zero-order valence-electron chi connectivity index (χ0n) is 26.7. The summed E-state index contributed by atoms with van der Waals surface area (Å²) in [6.07, 6.45) is 11.6. The van der Waals surface area contributed by atoms with Gasteiger partial charge in [0.25, 0.3) is 0 Å². The SMILES string of the molecule is CC1(C)c2cc(SC3=CCCc4ccccc43)ccc2-c2ccc(C3=c4ccccc4=C(C4=Cc5ccccc5CC4)CC3)cc21. The number of benzene rings is 5. The molecule has 9 rings (SSSR count). The molecule has 0 N–H and O–H groups in total. The first-order valence-electron chi connectivity index (χ1n) is 16.9. The summed E-state index contributed by atoms with van der Waals surface area (Å²) in [5.74, 6) is 0. The highest BCUT2D eigenvalue weighted by Crippen LogP contribution is 2.51. The minimum atomic E-state index is -0.0531. The highest BCUT2D eigenvalue weighted by atomic mass is 32.2. The number of fused-ring (bicyclic) bond motifs is 6. The molecule has 0 unspecified atom stereocenters. The average molecular weight is 611 g/mol. The zero-order valence-corrected chi connectivity index (χ0v) is 27.5. The Bertz CT molecular complexity index is 2260. The van der Waals surface area contributed by atoms with E-state index in [1.807, 2.05) is 11.8 Å². The Kier molecular flexibility index (Phi) is 6.61. The Morgan fingerprint density at radius 1 is 0.565 bits per heavy atom. The number of hydrogen-bond acceptors (Lipinski definition) is 1. The van der Waals surface area contributed by atoms with Crippen LogP contribution in [0.25, 0.3) is 33.3 Å². The van der Waals surface area contributed by atoms with Crippen LogP contribution in [0.3, 0.4) is 0 Å². The van der Waals surface area contributed by atoms with Crippen LogP contribution in [0.5, 0.6) is 0 Å². The third-order valence-electron chi connectivity index (χ3n) is 10.9. The highest BCUT2D eigenvalue weighted by molar-refractivity contribution is 8.08. The van der Waals surface area contributed by atoms with Crippen molar-refractivity contribution in [2.24, 2.45) is 0 Å². The molecular formula is C45H38S. The Morgan fingerprint density at radius 3 is 2.13 bits per heavy atom. The van der Waals surface area contributed by atoms with Crippen LogP contribution in [0.4, 0.5) is 0 Å². The van der Waals surface area contributed by atoms with E-state index in [2.05, 4.69) is 135 Å². The van der Waals surface area contributed by atoms with Gasteiger partial charge in [0, 0.05) is 15.2 Å². The van der Waals surface area contributed by atoms with E-state index in [1.54, 1.807) is 5.57 Å². The number of rotatable bonds is 4. The van der Waals surface area contributed by atoms with Gasteiger partial charge in [0.1, 0.15) is 0 Å². The van der Waals surface area contributed by atoms with Gasteiger partial charge in [-0.25, -0.2) is 0 Å². The Balaban J connectivity index is 1.10. The average Bonchev–Trinajstić information content (AvgIpc) is 3.32. The second-order valence-electron chi connectivity index (χ2n) is 13.8. The molecule has 46 heavy (non-hydrogen) atoms. The molecule has 1 heteroatoms. The summed E-state index contributed by atoms with van der Waals surface area (Å²) in [6, 6.07) is 41.5. The molecule has 0 nitrogen and oxygen atoms in total. The zero-order chi connectivity index (χ0) is 30.8. The molecule has 5 aromatic carbocycles. The molecule has 0 saturated heterocycles. The molecule has 0 amide bonds. The first-order valence-corrected chi connectivity index (χ1v) is 17.7. The molecule has 224 valence electrons. The predicted octanol–water partition coefficient (Wildman–Crippen LogP) is 10.2. The van der Waals surface area contributed by atoms with E-state index < -0.39 is 0 Å². The van der Waals surface area contributed by atoms with Crippen molar-refractivity contribution in [3.63, 3.8) is 0 Å². The summed E-state index contributed by atoms with van der Waals surface area (Å²) in [6.45, 7) is 4.84. The van der Waals surface area contributed by atoms with Crippen LogP contribution < -0.4 is 10.4 Å². The van der Waals surface area contributed by atoms with Crippen LogP contribution >= 0.6 is 11.8 Å². The summed E-state index contributed by atoms with van der Waals surface area (Å²) < 4.78 is 0. The fourth-order valence-corrected chi connectivity index (χ4v) is 9.55. The summed E-state index contributed by atoms with van der Waals surface area (Å²) in [4.78, 5) is 2.73. The number of thioether (sulfide) groups is 1. The van der Waals surface area contributed by atoms with Crippen molar-refractivity contribution in [1.82, 2.24) is 0 Å². The van der Waals surface area contributed by atoms with Crippen molar-refractivity contribution in [3.8, 4) is 11.1 Å². The van der Waals surface area contributed by atoms with Crippen LogP contribution in [0.15, 0.2) is 126 Å². The number of hydrogen-bond donors (Lipinski definition) is 0. The van der Waals surface area contributed by atoms with Crippen molar-refractivity contribution >= 4 is 33.9 Å². The van der Waals surface area contributed by atoms with E-state index in [4.69, 9.17) is 0 Å². The van der Waals surface area contributed by atoms with Gasteiger partial charge in [-0.3, -0.25) is 0 Å². The van der Waals surface area contributed by atoms with Gasteiger partial charge in [-0.15, -0.1) is 0 Å². The standard InChI is InChI=1S/C45H38S/c1-45(2)42-27-33(36-25-24-35(38-15-7-8-16-39(36)38)32-19-18-29-10-3-4-12-31(29)26-32)20-22-40(42)41-23-21-34(28-43(41)45)46-44-17-9-13-30-11-5-6-14-37(30)44/h3-8,10-12,14-17,20-23,26-28H,9,13,18-19,24-25H2,1-2H3. The molecule has 4 aliphatic carbocycles. The topological polar surface area (TPSA) is 0 Å². The van der Waals surface area contributed by atoms with E-state index in [-0.39, 0.29) is 5.41 Å². The fraction of sp³-hybridized carbons (Fsp3) is 0.200.